The minimum atomic E-state index is -0.278. The molecule has 2 unspecified atom stereocenters. The van der Waals surface area contributed by atoms with Gasteiger partial charge in [0, 0.05) is 19.6 Å². The number of hydrogen-bond donors (Lipinski definition) is 1. The summed E-state index contributed by atoms with van der Waals surface area (Å²) >= 11 is 0. The molecule has 1 aromatic carbocycles. The summed E-state index contributed by atoms with van der Waals surface area (Å²) in [6, 6.07) is 8.44. The van der Waals surface area contributed by atoms with Crippen LogP contribution in [0.5, 0.6) is 0 Å². The van der Waals surface area contributed by atoms with Gasteiger partial charge in [-0.25, -0.2) is 0 Å². The molecule has 2 aliphatic heterocycles. The summed E-state index contributed by atoms with van der Waals surface area (Å²) in [5.41, 5.74) is 2.64. The second kappa shape index (κ2) is 6.04. The Morgan fingerprint density at radius 3 is 2.79 bits per heavy atom. The summed E-state index contributed by atoms with van der Waals surface area (Å²) in [7, 11) is 0. The minimum absolute atomic E-state index is 0.0581. The predicted octanol–water partition coefficient (Wildman–Crippen LogP) is 2.48. The van der Waals surface area contributed by atoms with E-state index in [9.17, 15) is 5.11 Å². The molecule has 19 heavy (non-hydrogen) atoms. The molecule has 2 atom stereocenters. The van der Waals surface area contributed by atoms with E-state index in [4.69, 9.17) is 9.47 Å². The van der Waals surface area contributed by atoms with Gasteiger partial charge >= 0.3 is 0 Å². The van der Waals surface area contributed by atoms with Crippen LogP contribution in [0.25, 0.3) is 0 Å². The summed E-state index contributed by atoms with van der Waals surface area (Å²) in [6.45, 7) is 2.33. The van der Waals surface area contributed by atoms with Crippen molar-refractivity contribution in [2.24, 2.45) is 5.92 Å². The van der Waals surface area contributed by atoms with Crippen molar-refractivity contribution in [3.05, 3.63) is 35.4 Å². The first-order valence-electron chi connectivity index (χ1n) is 7.30. The molecule has 0 amide bonds. The molecule has 2 aliphatic rings. The van der Waals surface area contributed by atoms with Gasteiger partial charge in [-0.05, 0) is 36.3 Å². The standard InChI is InChI=1S/C16H22O3/c17-15(13-5-8-18-9-6-13)11-16-14-4-2-1-3-12(14)7-10-19-16/h1-4,13,15-17H,5-11H2. The number of ether oxygens (including phenoxy) is 2. The van der Waals surface area contributed by atoms with Crippen LogP contribution in [0.15, 0.2) is 24.3 Å². The van der Waals surface area contributed by atoms with Gasteiger partial charge in [0.2, 0.25) is 0 Å². The fourth-order valence-corrected chi connectivity index (χ4v) is 3.18. The van der Waals surface area contributed by atoms with Crippen molar-refractivity contribution in [3.8, 4) is 0 Å². The monoisotopic (exact) mass is 262 g/mol. The van der Waals surface area contributed by atoms with Crippen molar-refractivity contribution < 1.29 is 14.6 Å². The molecule has 2 heterocycles. The summed E-state index contributed by atoms with van der Waals surface area (Å²) < 4.78 is 11.2. The lowest BCUT2D eigenvalue weighted by Gasteiger charge is -2.32. The lowest BCUT2D eigenvalue weighted by Crippen LogP contribution is -2.30. The minimum Gasteiger partial charge on any atom is -0.393 e. The van der Waals surface area contributed by atoms with Crippen LogP contribution >= 0.6 is 0 Å². The molecule has 1 aromatic rings. The van der Waals surface area contributed by atoms with Crippen LogP contribution in [0.4, 0.5) is 0 Å². The SMILES string of the molecule is OC(CC1OCCc2ccccc21)C1CCOCC1. The molecule has 0 radical (unpaired) electrons. The number of rotatable bonds is 3. The van der Waals surface area contributed by atoms with Gasteiger partial charge in [0.15, 0.2) is 0 Å². The maximum absolute atomic E-state index is 10.4. The van der Waals surface area contributed by atoms with Crippen LogP contribution < -0.4 is 0 Å². The van der Waals surface area contributed by atoms with E-state index in [1.165, 1.54) is 11.1 Å². The van der Waals surface area contributed by atoms with Crippen molar-refractivity contribution in [2.75, 3.05) is 19.8 Å². The quantitative estimate of drug-likeness (QED) is 0.909. The van der Waals surface area contributed by atoms with Gasteiger partial charge in [-0.1, -0.05) is 24.3 Å². The van der Waals surface area contributed by atoms with Gasteiger partial charge in [0.1, 0.15) is 0 Å². The van der Waals surface area contributed by atoms with Crippen LogP contribution in [0, 0.1) is 5.92 Å². The summed E-state index contributed by atoms with van der Waals surface area (Å²) in [5.74, 6) is 0.367. The summed E-state index contributed by atoms with van der Waals surface area (Å²) in [6.07, 6.45) is 3.41. The van der Waals surface area contributed by atoms with Gasteiger partial charge in [-0.2, -0.15) is 0 Å². The second-order valence-corrected chi connectivity index (χ2v) is 5.56. The van der Waals surface area contributed by atoms with Gasteiger partial charge in [-0.15, -0.1) is 0 Å². The fraction of sp³-hybridized carbons (Fsp3) is 0.625. The highest BCUT2D eigenvalue weighted by Gasteiger charge is 2.28. The van der Waals surface area contributed by atoms with E-state index in [0.717, 1.165) is 39.1 Å². The zero-order chi connectivity index (χ0) is 13.1. The van der Waals surface area contributed by atoms with E-state index in [-0.39, 0.29) is 12.2 Å². The summed E-state index contributed by atoms with van der Waals surface area (Å²) in [5, 5.41) is 10.4. The highest BCUT2D eigenvalue weighted by molar-refractivity contribution is 5.30. The Balaban J connectivity index is 1.66. The van der Waals surface area contributed by atoms with Crippen LogP contribution in [0.2, 0.25) is 0 Å². The normalized spacial score (nSPS) is 25.8. The fourth-order valence-electron chi connectivity index (χ4n) is 3.18. The largest absolute Gasteiger partial charge is 0.393 e. The van der Waals surface area contributed by atoms with E-state index in [2.05, 4.69) is 24.3 Å². The van der Waals surface area contributed by atoms with Crippen LogP contribution in [0.3, 0.4) is 0 Å². The molecule has 3 rings (SSSR count). The lowest BCUT2D eigenvalue weighted by molar-refractivity contribution is -0.0368. The topological polar surface area (TPSA) is 38.7 Å². The highest BCUT2D eigenvalue weighted by atomic mass is 16.5. The molecular formula is C16H22O3. The molecule has 3 nitrogen and oxygen atoms in total. The van der Waals surface area contributed by atoms with E-state index in [1.54, 1.807) is 0 Å². The average Bonchev–Trinajstić information content (AvgIpc) is 2.48. The van der Waals surface area contributed by atoms with E-state index >= 15 is 0 Å². The first-order valence-corrected chi connectivity index (χ1v) is 7.30. The molecular weight excluding hydrogens is 240 g/mol. The first kappa shape index (κ1) is 13.1. The predicted molar refractivity (Wildman–Crippen MR) is 73.0 cm³/mol. The maximum Gasteiger partial charge on any atom is 0.0852 e. The highest BCUT2D eigenvalue weighted by Crippen LogP contribution is 2.33. The molecule has 3 heteroatoms. The Morgan fingerprint density at radius 1 is 1.16 bits per heavy atom. The molecule has 0 aromatic heterocycles. The van der Waals surface area contributed by atoms with Crippen molar-refractivity contribution in [1.29, 1.82) is 0 Å². The second-order valence-electron chi connectivity index (χ2n) is 5.56. The van der Waals surface area contributed by atoms with Crippen LogP contribution in [-0.2, 0) is 15.9 Å². The Hall–Kier alpha value is -0.900. The third-order valence-corrected chi connectivity index (χ3v) is 4.36. The Morgan fingerprint density at radius 2 is 1.95 bits per heavy atom. The molecule has 1 saturated heterocycles. The van der Waals surface area contributed by atoms with E-state index < -0.39 is 0 Å². The maximum atomic E-state index is 10.4. The van der Waals surface area contributed by atoms with Crippen molar-refractivity contribution in [3.63, 3.8) is 0 Å². The zero-order valence-corrected chi connectivity index (χ0v) is 11.3. The first-order chi connectivity index (χ1) is 9.34. The van der Waals surface area contributed by atoms with Crippen LogP contribution in [0.1, 0.15) is 36.5 Å². The van der Waals surface area contributed by atoms with Crippen molar-refractivity contribution >= 4 is 0 Å². The van der Waals surface area contributed by atoms with Gasteiger partial charge in [-0.3, -0.25) is 0 Å². The third-order valence-electron chi connectivity index (χ3n) is 4.36. The molecule has 104 valence electrons. The average molecular weight is 262 g/mol. The van der Waals surface area contributed by atoms with Crippen molar-refractivity contribution in [1.82, 2.24) is 0 Å². The molecule has 0 spiro atoms. The smallest absolute Gasteiger partial charge is 0.0852 e. The Kier molecular flexibility index (Phi) is 4.16. The van der Waals surface area contributed by atoms with E-state index in [1.807, 2.05) is 0 Å². The number of fused-ring (bicyclic) bond motifs is 1. The summed E-state index contributed by atoms with van der Waals surface area (Å²) in [4.78, 5) is 0. The molecule has 1 fully saturated rings. The zero-order valence-electron chi connectivity index (χ0n) is 11.3. The van der Waals surface area contributed by atoms with Gasteiger partial charge in [0.05, 0.1) is 18.8 Å². The number of aliphatic hydroxyl groups excluding tert-OH is 1. The van der Waals surface area contributed by atoms with Gasteiger partial charge in [0.25, 0.3) is 0 Å². The molecule has 0 saturated carbocycles. The number of benzene rings is 1. The lowest BCUT2D eigenvalue weighted by atomic mass is 9.87. The molecule has 0 aliphatic carbocycles. The van der Waals surface area contributed by atoms with Crippen LogP contribution in [-0.4, -0.2) is 31.0 Å². The van der Waals surface area contributed by atoms with Gasteiger partial charge < -0.3 is 14.6 Å². The third kappa shape index (κ3) is 2.99. The number of aliphatic hydroxyl groups is 1. The van der Waals surface area contributed by atoms with E-state index in [0.29, 0.717) is 12.3 Å². The Bertz CT molecular complexity index is 412. The Labute approximate surface area is 114 Å². The van der Waals surface area contributed by atoms with Crippen molar-refractivity contribution in [2.45, 2.75) is 37.9 Å². The molecule has 0 bridgehead atoms. The number of hydrogen-bond acceptors (Lipinski definition) is 3. The molecule has 1 N–H and O–H groups in total.